The highest BCUT2D eigenvalue weighted by atomic mass is 32.1. The van der Waals surface area contributed by atoms with Crippen LogP contribution in [0, 0.1) is 6.92 Å². The van der Waals surface area contributed by atoms with Gasteiger partial charge in [0, 0.05) is 16.5 Å². The smallest absolute Gasteiger partial charge is 0.257 e. The minimum atomic E-state index is -0.132. The maximum absolute atomic E-state index is 12.2. The summed E-state index contributed by atoms with van der Waals surface area (Å²) in [7, 11) is 0. The second-order valence-corrected chi connectivity index (χ2v) is 5.59. The zero-order chi connectivity index (χ0) is 14.7. The van der Waals surface area contributed by atoms with Crippen LogP contribution in [0.25, 0.3) is 11.3 Å². The van der Waals surface area contributed by atoms with E-state index in [2.05, 4.69) is 10.3 Å². The number of hydrogen-bond donors (Lipinski definition) is 1. The predicted molar refractivity (Wildman–Crippen MR) is 86.7 cm³/mol. The molecule has 0 radical (unpaired) electrons. The Hall–Kier alpha value is -2.46. The molecule has 1 N–H and O–H groups in total. The number of rotatable bonds is 3. The van der Waals surface area contributed by atoms with Gasteiger partial charge < -0.3 is 0 Å². The van der Waals surface area contributed by atoms with Gasteiger partial charge in [-0.3, -0.25) is 10.1 Å². The average molecular weight is 294 g/mol. The number of carbonyl (C=O) groups excluding carboxylic acids is 1. The molecule has 2 aromatic carbocycles. The lowest BCUT2D eigenvalue weighted by molar-refractivity contribution is 0.102. The van der Waals surface area contributed by atoms with Crippen LogP contribution in [0.1, 0.15) is 15.9 Å². The fraction of sp³-hybridized carbons (Fsp3) is 0.0588. The fourth-order valence-electron chi connectivity index (χ4n) is 2.03. The topological polar surface area (TPSA) is 42.0 Å². The van der Waals surface area contributed by atoms with Crippen molar-refractivity contribution in [2.45, 2.75) is 6.92 Å². The number of benzene rings is 2. The highest BCUT2D eigenvalue weighted by molar-refractivity contribution is 7.14. The zero-order valence-corrected chi connectivity index (χ0v) is 12.4. The maximum atomic E-state index is 12.2. The third-order valence-electron chi connectivity index (χ3n) is 3.07. The number of amides is 1. The summed E-state index contributed by atoms with van der Waals surface area (Å²) < 4.78 is 0. The number of hydrogen-bond acceptors (Lipinski definition) is 3. The van der Waals surface area contributed by atoms with Crippen molar-refractivity contribution in [3.8, 4) is 11.3 Å². The Labute approximate surface area is 127 Å². The second kappa shape index (κ2) is 5.89. The van der Waals surface area contributed by atoms with Crippen molar-refractivity contribution < 1.29 is 4.79 Å². The molecule has 3 nitrogen and oxygen atoms in total. The van der Waals surface area contributed by atoms with Gasteiger partial charge in [-0.15, -0.1) is 11.3 Å². The molecular formula is C17H14N2OS. The average Bonchev–Trinajstić information content (AvgIpc) is 2.97. The molecule has 3 aromatic rings. The largest absolute Gasteiger partial charge is 0.298 e. The van der Waals surface area contributed by atoms with Crippen molar-refractivity contribution in [2.24, 2.45) is 0 Å². The monoisotopic (exact) mass is 294 g/mol. The lowest BCUT2D eigenvalue weighted by Crippen LogP contribution is -2.11. The van der Waals surface area contributed by atoms with E-state index in [1.807, 2.05) is 60.8 Å². The molecule has 0 fully saturated rings. The van der Waals surface area contributed by atoms with E-state index in [1.165, 1.54) is 11.3 Å². The zero-order valence-electron chi connectivity index (χ0n) is 11.5. The molecule has 104 valence electrons. The summed E-state index contributed by atoms with van der Waals surface area (Å²) in [6.07, 6.45) is 0. The van der Waals surface area contributed by atoms with Crippen LogP contribution in [-0.4, -0.2) is 10.9 Å². The first-order chi connectivity index (χ1) is 10.2. The summed E-state index contributed by atoms with van der Waals surface area (Å²) >= 11 is 1.43. The Morgan fingerprint density at radius 2 is 1.90 bits per heavy atom. The van der Waals surface area contributed by atoms with Gasteiger partial charge >= 0.3 is 0 Å². The van der Waals surface area contributed by atoms with Crippen LogP contribution in [-0.2, 0) is 0 Å². The molecule has 0 unspecified atom stereocenters. The quantitative estimate of drug-likeness (QED) is 0.779. The van der Waals surface area contributed by atoms with E-state index in [1.54, 1.807) is 6.07 Å². The SMILES string of the molecule is Cc1cccc(C(=O)Nc2nc(-c3ccccc3)cs2)c1. The number of nitrogens with one attached hydrogen (secondary N) is 1. The molecule has 1 amide bonds. The lowest BCUT2D eigenvalue weighted by atomic mass is 10.1. The van der Waals surface area contributed by atoms with E-state index >= 15 is 0 Å². The molecule has 3 rings (SSSR count). The van der Waals surface area contributed by atoms with Crippen LogP contribution >= 0.6 is 11.3 Å². The van der Waals surface area contributed by atoms with E-state index in [9.17, 15) is 4.79 Å². The van der Waals surface area contributed by atoms with Gasteiger partial charge in [-0.25, -0.2) is 4.98 Å². The lowest BCUT2D eigenvalue weighted by Gasteiger charge is -2.02. The summed E-state index contributed by atoms with van der Waals surface area (Å²) in [5.41, 5.74) is 3.63. The second-order valence-electron chi connectivity index (χ2n) is 4.73. The summed E-state index contributed by atoms with van der Waals surface area (Å²) in [5, 5.41) is 5.40. The number of carbonyl (C=O) groups is 1. The molecule has 0 aliphatic heterocycles. The minimum Gasteiger partial charge on any atom is -0.298 e. The Morgan fingerprint density at radius 1 is 1.10 bits per heavy atom. The van der Waals surface area contributed by atoms with Gasteiger partial charge in [0.25, 0.3) is 5.91 Å². The van der Waals surface area contributed by atoms with E-state index in [-0.39, 0.29) is 5.91 Å². The van der Waals surface area contributed by atoms with Crippen molar-refractivity contribution in [1.29, 1.82) is 0 Å². The third kappa shape index (κ3) is 3.17. The highest BCUT2D eigenvalue weighted by Crippen LogP contribution is 2.24. The molecule has 0 aliphatic carbocycles. The van der Waals surface area contributed by atoms with Gasteiger partial charge in [-0.05, 0) is 19.1 Å². The van der Waals surface area contributed by atoms with Crippen molar-refractivity contribution in [1.82, 2.24) is 4.98 Å². The molecule has 0 atom stereocenters. The molecule has 4 heteroatoms. The van der Waals surface area contributed by atoms with Crippen LogP contribution in [0.3, 0.4) is 0 Å². The molecule has 0 spiro atoms. The highest BCUT2D eigenvalue weighted by Gasteiger charge is 2.09. The number of aromatic nitrogens is 1. The Balaban J connectivity index is 1.77. The van der Waals surface area contributed by atoms with Crippen LogP contribution in [0.4, 0.5) is 5.13 Å². The number of thiazole rings is 1. The molecule has 21 heavy (non-hydrogen) atoms. The van der Waals surface area contributed by atoms with E-state index in [0.717, 1.165) is 16.8 Å². The van der Waals surface area contributed by atoms with Gasteiger partial charge in [0.05, 0.1) is 5.69 Å². The summed E-state index contributed by atoms with van der Waals surface area (Å²) in [6, 6.07) is 17.4. The third-order valence-corrected chi connectivity index (χ3v) is 3.83. The number of aryl methyl sites for hydroxylation is 1. The van der Waals surface area contributed by atoms with E-state index in [0.29, 0.717) is 10.7 Å². The minimum absolute atomic E-state index is 0.132. The van der Waals surface area contributed by atoms with E-state index in [4.69, 9.17) is 0 Å². The van der Waals surface area contributed by atoms with Gasteiger partial charge in [0.15, 0.2) is 5.13 Å². The Bertz CT molecular complexity index is 765. The van der Waals surface area contributed by atoms with Crippen molar-refractivity contribution in [3.63, 3.8) is 0 Å². The summed E-state index contributed by atoms with van der Waals surface area (Å²) in [4.78, 5) is 16.6. The van der Waals surface area contributed by atoms with Crippen LogP contribution in [0.2, 0.25) is 0 Å². The Kier molecular flexibility index (Phi) is 3.79. The van der Waals surface area contributed by atoms with Crippen LogP contribution in [0.15, 0.2) is 60.0 Å². The molecule has 1 aromatic heterocycles. The normalized spacial score (nSPS) is 10.3. The van der Waals surface area contributed by atoms with Gasteiger partial charge in [0.2, 0.25) is 0 Å². The van der Waals surface area contributed by atoms with Crippen LogP contribution < -0.4 is 5.32 Å². The van der Waals surface area contributed by atoms with Crippen molar-refractivity contribution >= 4 is 22.4 Å². The van der Waals surface area contributed by atoms with Crippen LogP contribution in [0.5, 0.6) is 0 Å². The van der Waals surface area contributed by atoms with Gasteiger partial charge in [0.1, 0.15) is 0 Å². The Morgan fingerprint density at radius 3 is 2.67 bits per heavy atom. The molecule has 0 aliphatic rings. The molecular weight excluding hydrogens is 280 g/mol. The van der Waals surface area contributed by atoms with Gasteiger partial charge in [-0.2, -0.15) is 0 Å². The van der Waals surface area contributed by atoms with E-state index < -0.39 is 0 Å². The molecule has 0 bridgehead atoms. The predicted octanol–water partition coefficient (Wildman–Crippen LogP) is 4.37. The van der Waals surface area contributed by atoms with Crippen molar-refractivity contribution in [2.75, 3.05) is 5.32 Å². The fourth-order valence-corrected chi connectivity index (χ4v) is 2.74. The summed E-state index contributed by atoms with van der Waals surface area (Å²) in [6.45, 7) is 1.97. The maximum Gasteiger partial charge on any atom is 0.257 e. The molecule has 1 heterocycles. The number of anilines is 1. The first-order valence-corrected chi connectivity index (χ1v) is 7.49. The first kappa shape index (κ1) is 13.5. The van der Waals surface area contributed by atoms with Crippen molar-refractivity contribution in [3.05, 3.63) is 71.1 Å². The molecule has 0 saturated heterocycles. The molecule has 0 saturated carbocycles. The standard InChI is InChI=1S/C17H14N2OS/c1-12-6-5-9-14(10-12)16(20)19-17-18-15(11-21-17)13-7-3-2-4-8-13/h2-11H,1H3,(H,18,19,20). The van der Waals surface area contributed by atoms with Gasteiger partial charge in [-0.1, -0.05) is 48.0 Å². The first-order valence-electron chi connectivity index (χ1n) is 6.61. The number of nitrogens with zero attached hydrogens (tertiary/aromatic N) is 1. The summed E-state index contributed by atoms with van der Waals surface area (Å²) in [5.74, 6) is -0.132.